The minimum absolute atomic E-state index is 0.880. The molecule has 0 atom stereocenters. The van der Waals surface area contributed by atoms with Crippen LogP contribution in [-0.4, -0.2) is 0 Å². The van der Waals surface area contributed by atoms with Crippen LogP contribution in [0.2, 0.25) is 0 Å². The largest absolute Gasteiger partial charge is 0.454 e. The zero-order chi connectivity index (χ0) is 32.3. The number of hydrogen-bond donors (Lipinski definition) is 0. The fourth-order valence-corrected chi connectivity index (χ4v) is 8.46. The van der Waals surface area contributed by atoms with E-state index in [1.807, 2.05) is 23.5 Å². The van der Waals surface area contributed by atoms with E-state index in [1.54, 1.807) is 0 Å². The first-order valence-electron chi connectivity index (χ1n) is 16.6. The average Bonchev–Trinajstić information content (AvgIpc) is 3.74. The second-order valence-corrected chi connectivity index (χ2v) is 13.6. The number of para-hydroxylation sites is 3. The quantitative estimate of drug-likeness (QED) is 0.186. The number of rotatable bonds is 5. The van der Waals surface area contributed by atoms with E-state index in [0.29, 0.717) is 0 Å². The van der Waals surface area contributed by atoms with E-state index in [0.717, 1.165) is 39.0 Å². The Balaban J connectivity index is 1.10. The van der Waals surface area contributed by atoms with Crippen LogP contribution in [-0.2, 0) is 0 Å². The lowest BCUT2D eigenvalue weighted by atomic mass is 9.94. The minimum Gasteiger partial charge on any atom is -0.454 e. The Morgan fingerprint density at radius 1 is 0.388 bits per heavy atom. The zero-order valence-electron chi connectivity index (χ0n) is 26.5. The summed E-state index contributed by atoms with van der Waals surface area (Å²) in [6.07, 6.45) is 0. The second-order valence-electron chi connectivity index (χ2n) is 12.5. The van der Waals surface area contributed by atoms with Crippen molar-refractivity contribution < 1.29 is 4.42 Å². The number of furan rings is 1. The molecule has 3 heteroatoms. The molecule has 0 aliphatic carbocycles. The molecule has 0 amide bonds. The predicted molar refractivity (Wildman–Crippen MR) is 210 cm³/mol. The Kier molecular flexibility index (Phi) is 6.39. The van der Waals surface area contributed by atoms with Crippen molar-refractivity contribution in [3.05, 3.63) is 176 Å². The molecule has 0 spiro atoms. The topological polar surface area (TPSA) is 16.4 Å². The van der Waals surface area contributed by atoms with Crippen LogP contribution in [0, 0.1) is 0 Å². The highest BCUT2D eigenvalue weighted by Crippen LogP contribution is 2.46. The summed E-state index contributed by atoms with van der Waals surface area (Å²) in [7, 11) is 0. The van der Waals surface area contributed by atoms with Crippen molar-refractivity contribution in [3.63, 3.8) is 0 Å². The van der Waals surface area contributed by atoms with Gasteiger partial charge in [-0.1, -0.05) is 127 Å². The van der Waals surface area contributed by atoms with Gasteiger partial charge < -0.3 is 9.32 Å². The number of thiophene rings is 1. The van der Waals surface area contributed by atoms with E-state index >= 15 is 0 Å². The summed E-state index contributed by atoms with van der Waals surface area (Å²) in [6, 6.07) is 63.2. The molecular weight excluding hydrogens is 615 g/mol. The van der Waals surface area contributed by atoms with Gasteiger partial charge in [-0.2, -0.15) is 0 Å². The van der Waals surface area contributed by atoms with Gasteiger partial charge in [0.2, 0.25) is 0 Å². The van der Waals surface area contributed by atoms with Gasteiger partial charge >= 0.3 is 0 Å². The predicted octanol–water partition coefficient (Wildman–Crippen LogP) is 13.9. The van der Waals surface area contributed by atoms with E-state index in [2.05, 4.69) is 169 Å². The van der Waals surface area contributed by atoms with Gasteiger partial charge in [-0.15, -0.1) is 11.3 Å². The SMILES string of the molecule is c1ccc(N(c2ccc(-c3ccc(-c4ccc5sc6ccccc6c5c4)cc3)c3ccccc23)c2cccc3c2oc2ccccc23)cc1. The summed E-state index contributed by atoms with van der Waals surface area (Å²) in [6.45, 7) is 0. The normalized spacial score (nSPS) is 11.7. The molecule has 230 valence electrons. The summed E-state index contributed by atoms with van der Waals surface area (Å²) in [5.41, 5.74) is 9.82. The fraction of sp³-hybridized carbons (Fsp3) is 0. The molecular formula is C46H29NOS. The molecule has 49 heavy (non-hydrogen) atoms. The summed E-state index contributed by atoms with van der Waals surface area (Å²) in [4.78, 5) is 2.34. The van der Waals surface area contributed by atoms with Crippen LogP contribution < -0.4 is 4.90 Å². The molecule has 0 unspecified atom stereocenters. The van der Waals surface area contributed by atoms with Crippen molar-refractivity contribution in [2.45, 2.75) is 0 Å². The smallest absolute Gasteiger partial charge is 0.159 e. The van der Waals surface area contributed by atoms with Crippen LogP contribution in [0.4, 0.5) is 17.1 Å². The van der Waals surface area contributed by atoms with Crippen molar-refractivity contribution in [1.82, 2.24) is 0 Å². The second kappa shape index (κ2) is 11.2. The molecule has 8 aromatic carbocycles. The Hall–Kier alpha value is -6.16. The standard InChI is InChI=1S/C46H29NOS/c1-2-11-33(12-3-1)47(42-18-10-17-39-37-15-6-8-19-43(37)48-46(39)42)41-27-26-34(35-13-4-5-14-36(35)41)31-23-21-30(22-24-31)32-25-28-45-40(29-32)38-16-7-9-20-44(38)49-45/h1-29H. The summed E-state index contributed by atoms with van der Waals surface area (Å²) < 4.78 is 9.22. The molecule has 0 bridgehead atoms. The Morgan fingerprint density at radius 2 is 1.04 bits per heavy atom. The lowest BCUT2D eigenvalue weighted by molar-refractivity contribution is 0.669. The molecule has 0 aliphatic heterocycles. The molecule has 10 aromatic rings. The lowest BCUT2D eigenvalue weighted by Crippen LogP contribution is -2.10. The van der Waals surface area contributed by atoms with E-state index in [1.165, 1.54) is 53.2 Å². The number of fused-ring (bicyclic) bond motifs is 7. The highest BCUT2D eigenvalue weighted by molar-refractivity contribution is 7.25. The van der Waals surface area contributed by atoms with Crippen LogP contribution in [0.3, 0.4) is 0 Å². The summed E-state index contributed by atoms with van der Waals surface area (Å²) >= 11 is 1.86. The first kappa shape index (κ1) is 27.9. The highest BCUT2D eigenvalue weighted by atomic mass is 32.1. The van der Waals surface area contributed by atoms with Crippen molar-refractivity contribution in [3.8, 4) is 22.3 Å². The van der Waals surface area contributed by atoms with Gasteiger partial charge in [-0.25, -0.2) is 0 Å². The molecule has 0 aliphatic rings. The Morgan fingerprint density at radius 3 is 1.90 bits per heavy atom. The van der Waals surface area contributed by atoms with E-state index in [4.69, 9.17) is 4.42 Å². The fourth-order valence-electron chi connectivity index (χ4n) is 7.37. The third-order valence-electron chi connectivity index (χ3n) is 9.69. The Labute approximate surface area is 287 Å². The van der Waals surface area contributed by atoms with Crippen molar-refractivity contribution in [1.29, 1.82) is 0 Å². The van der Waals surface area contributed by atoms with Crippen LogP contribution in [0.25, 0.3) is 75.1 Å². The van der Waals surface area contributed by atoms with Gasteiger partial charge in [-0.05, 0) is 76.2 Å². The van der Waals surface area contributed by atoms with Gasteiger partial charge in [0.15, 0.2) is 5.58 Å². The molecule has 0 fully saturated rings. The summed E-state index contributed by atoms with van der Waals surface area (Å²) in [5.74, 6) is 0. The Bertz CT molecular complexity index is 2830. The summed E-state index contributed by atoms with van der Waals surface area (Å²) in [5, 5.41) is 7.27. The minimum atomic E-state index is 0.880. The first-order chi connectivity index (χ1) is 24.3. The third-order valence-corrected chi connectivity index (χ3v) is 10.8. The van der Waals surface area contributed by atoms with Crippen LogP contribution in [0.1, 0.15) is 0 Å². The van der Waals surface area contributed by atoms with Gasteiger partial charge in [0.1, 0.15) is 5.58 Å². The first-order valence-corrected chi connectivity index (χ1v) is 17.4. The molecule has 10 rings (SSSR count). The highest BCUT2D eigenvalue weighted by Gasteiger charge is 2.21. The lowest BCUT2D eigenvalue weighted by Gasteiger charge is -2.27. The zero-order valence-corrected chi connectivity index (χ0v) is 27.3. The number of nitrogens with zero attached hydrogens (tertiary/aromatic N) is 1. The van der Waals surface area contributed by atoms with Gasteiger partial charge in [-0.3, -0.25) is 0 Å². The van der Waals surface area contributed by atoms with Gasteiger partial charge in [0, 0.05) is 42.0 Å². The van der Waals surface area contributed by atoms with Crippen molar-refractivity contribution in [2.75, 3.05) is 4.90 Å². The van der Waals surface area contributed by atoms with Crippen molar-refractivity contribution >= 4 is 81.3 Å². The molecule has 2 aromatic heterocycles. The average molecular weight is 644 g/mol. The van der Waals surface area contributed by atoms with Crippen LogP contribution in [0.5, 0.6) is 0 Å². The monoisotopic (exact) mass is 643 g/mol. The van der Waals surface area contributed by atoms with Crippen LogP contribution >= 0.6 is 11.3 Å². The molecule has 2 heterocycles. The van der Waals surface area contributed by atoms with E-state index < -0.39 is 0 Å². The molecule has 0 N–H and O–H groups in total. The number of benzene rings is 8. The maximum atomic E-state index is 6.56. The van der Waals surface area contributed by atoms with E-state index in [-0.39, 0.29) is 0 Å². The molecule has 0 radical (unpaired) electrons. The van der Waals surface area contributed by atoms with Gasteiger partial charge in [0.25, 0.3) is 0 Å². The number of anilines is 3. The van der Waals surface area contributed by atoms with Gasteiger partial charge in [0.05, 0.1) is 11.4 Å². The molecule has 0 saturated heterocycles. The van der Waals surface area contributed by atoms with Crippen molar-refractivity contribution in [2.24, 2.45) is 0 Å². The van der Waals surface area contributed by atoms with Crippen LogP contribution in [0.15, 0.2) is 180 Å². The number of hydrogen-bond acceptors (Lipinski definition) is 3. The van der Waals surface area contributed by atoms with E-state index in [9.17, 15) is 0 Å². The molecule has 0 saturated carbocycles. The maximum absolute atomic E-state index is 6.56. The maximum Gasteiger partial charge on any atom is 0.159 e. The molecule has 2 nitrogen and oxygen atoms in total. The third kappa shape index (κ3) is 4.55.